The Labute approximate surface area is 258 Å². The highest BCUT2D eigenvalue weighted by molar-refractivity contribution is 6.21. The van der Waals surface area contributed by atoms with Crippen molar-refractivity contribution in [2.24, 2.45) is 0 Å². The van der Waals surface area contributed by atoms with Gasteiger partial charge < -0.3 is 4.90 Å². The molecule has 0 saturated heterocycles. The molecule has 0 heterocycles. The summed E-state index contributed by atoms with van der Waals surface area (Å²) in [6.45, 7) is 0. The first kappa shape index (κ1) is 26.0. The highest BCUT2D eigenvalue weighted by atomic mass is 15.1. The van der Waals surface area contributed by atoms with E-state index in [1.54, 1.807) is 0 Å². The van der Waals surface area contributed by atoms with E-state index in [1.165, 1.54) is 54.7 Å². The van der Waals surface area contributed by atoms with Crippen molar-refractivity contribution >= 4 is 49.4 Å². The molecule has 0 unspecified atom stereocenters. The Morgan fingerprint density at radius 1 is 0.341 bits per heavy atom. The van der Waals surface area contributed by atoms with Crippen LogP contribution in [0.15, 0.2) is 182 Å². The topological polar surface area (TPSA) is 3.24 Å². The van der Waals surface area contributed by atoms with Crippen molar-refractivity contribution in [1.29, 1.82) is 0 Å². The predicted molar refractivity (Wildman–Crippen MR) is 187 cm³/mol. The van der Waals surface area contributed by atoms with Crippen LogP contribution in [0, 0.1) is 0 Å². The van der Waals surface area contributed by atoms with Crippen molar-refractivity contribution in [1.82, 2.24) is 0 Å². The predicted octanol–water partition coefficient (Wildman–Crippen LogP) is 11.8. The van der Waals surface area contributed by atoms with Crippen LogP contribution in [0.25, 0.3) is 32.3 Å². The molecule has 0 aliphatic rings. The number of benzene rings is 8. The molecule has 0 fully saturated rings. The number of para-hydroxylation sites is 2. The Balaban J connectivity index is 1.33. The molecular weight excluding hydrogens is 530 g/mol. The zero-order valence-electron chi connectivity index (χ0n) is 24.3. The molecule has 0 radical (unpaired) electrons. The van der Waals surface area contributed by atoms with Crippen LogP contribution < -0.4 is 4.90 Å². The van der Waals surface area contributed by atoms with Crippen molar-refractivity contribution in [3.63, 3.8) is 0 Å². The summed E-state index contributed by atoms with van der Waals surface area (Å²) < 4.78 is 0. The number of fused-ring (bicyclic) bond motifs is 5. The van der Waals surface area contributed by atoms with Crippen LogP contribution in [0.2, 0.25) is 0 Å². The van der Waals surface area contributed by atoms with Crippen molar-refractivity contribution in [3.8, 4) is 0 Å². The van der Waals surface area contributed by atoms with Crippen molar-refractivity contribution in [2.75, 3.05) is 4.90 Å². The number of hydrogen-bond acceptors (Lipinski definition) is 1. The van der Waals surface area contributed by atoms with Gasteiger partial charge in [0.15, 0.2) is 0 Å². The summed E-state index contributed by atoms with van der Waals surface area (Å²) in [5.74, 6) is 0.172. The lowest BCUT2D eigenvalue weighted by Crippen LogP contribution is -2.10. The van der Waals surface area contributed by atoms with Gasteiger partial charge in [-0.15, -0.1) is 0 Å². The third-order valence-electron chi connectivity index (χ3n) is 8.73. The van der Waals surface area contributed by atoms with Crippen molar-refractivity contribution < 1.29 is 0 Å². The molecule has 0 saturated carbocycles. The third kappa shape index (κ3) is 4.60. The molecule has 44 heavy (non-hydrogen) atoms. The summed E-state index contributed by atoms with van der Waals surface area (Å²) in [5.41, 5.74) is 7.36. The van der Waals surface area contributed by atoms with E-state index in [4.69, 9.17) is 0 Å². The van der Waals surface area contributed by atoms with Gasteiger partial charge in [-0.3, -0.25) is 0 Å². The quantitative estimate of drug-likeness (QED) is 0.144. The van der Waals surface area contributed by atoms with Gasteiger partial charge in [0.25, 0.3) is 0 Å². The molecule has 0 bridgehead atoms. The number of anilines is 3. The van der Waals surface area contributed by atoms with Crippen molar-refractivity contribution in [2.45, 2.75) is 5.92 Å². The number of rotatable bonds is 6. The molecule has 0 atom stereocenters. The average molecular weight is 562 g/mol. The Morgan fingerprint density at radius 3 is 1.48 bits per heavy atom. The molecule has 8 aromatic carbocycles. The zero-order chi connectivity index (χ0) is 29.3. The number of hydrogen-bond donors (Lipinski definition) is 0. The van der Waals surface area contributed by atoms with Crippen LogP contribution in [0.5, 0.6) is 0 Å². The van der Waals surface area contributed by atoms with E-state index in [2.05, 4.69) is 187 Å². The molecule has 0 N–H and O–H groups in total. The Morgan fingerprint density at radius 2 is 0.864 bits per heavy atom. The molecule has 8 rings (SSSR count). The van der Waals surface area contributed by atoms with Crippen LogP contribution in [0.1, 0.15) is 22.6 Å². The molecule has 8 aromatic rings. The highest BCUT2D eigenvalue weighted by Crippen LogP contribution is 2.43. The monoisotopic (exact) mass is 561 g/mol. The Kier molecular flexibility index (Phi) is 6.62. The van der Waals surface area contributed by atoms with E-state index < -0.39 is 0 Å². The summed E-state index contributed by atoms with van der Waals surface area (Å²) in [6.07, 6.45) is 0. The van der Waals surface area contributed by atoms with Gasteiger partial charge in [0.2, 0.25) is 0 Å². The summed E-state index contributed by atoms with van der Waals surface area (Å²) in [7, 11) is 0. The molecule has 0 spiro atoms. The normalized spacial score (nSPS) is 11.4. The second-order valence-corrected chi connectivity index (χ2v) is 11.3. The zero-order valence-corrected chi connectivity index (χ0v) is 24.3. The molecule has 1 nitrogen and oxygen atoms in total. The van der Waals surface area contributed by atoms with E-state index in [0.717, 1.165) is 11.4 Å². The average Bonchev–Trinajstić information content (AvgIpc) is 3.10. The Hall–Kier alpha value is -5.66. The minimum atomic E-state index is 0.172. The van der Waals surface area contributed by atoms with E-state index >= 15 is 0 Å². The summed E-state index contributed by atoms with van der Waals surface area (Å²) in [6, 6.07) is 65.9. The third-order valence-corrected chi connectivity index (χ3v) is 8.73. The highest BCUT2D eigenvalue weighted by Gasteiger charge is 2.19. The molecular formula is C43H31N. The maximum absolute atomic E-state index is 2.38. The first-order valence-electron chi connectivity index (χ1n) is 15.2. The van der Waals surface area contributed by atoms with Gasteiger partial charge in [0.1, 0.15) is 0 Å². The van der Waals surface area contributed by atoms with Crippen LogP contribution in [-0.4, -0.2) is 0 Å². The first-order chi connectivity index (χ1) is 21.8. The van der Waals surface area contributed by atoms with Gasteiger partial charge in [-0.1, -0.05) is 152 Å². The SMILES string of the molecule is c1ccc(C(c2ccccc2)c2ccc3c(ccc4c3ccc3cccc(N(c5ccccc5)c5ccccc5)c34)c2)cc1. The minimum Gasteiger partial charge on any atom is -0.310 e. The number of nitrogens with zero attached hydrogens (tertiary/aromatic N) is 1. The lowest BCUT2D eigenvalue weighted by atomic mass is 9.84. The van der Waals surface area contributed by atoms with Crippen molar-refractivity contribution in [3.05, 3.63) is 199 Å². The molecule has 0 amide bonds. The molecule has 208 valence electrons. The summed E-state index contributed by atoms with van der Waals surface area (Å²) in [5, 5.41) is 7.55. The van der Waals surface area contributed by atoms with Gasteiger partial charge in [0.05, 0.1) is 5.69 Å². The standard InChI is InChI=1S/C43H31N/c1-5-14-31(15-6-1)42(32-16-7-2-8-17-32)35-26-27-38-34(30-35)25-29-40-39(38)28-24-33-18-13-23-41(43(33)40)44(36-19-9-3-10-20-36)37-21-11-4-12-22-37/h1-30,42H. The van der Waals surface area contributed by atoms with Gasteiger partial charge in [-0.25, -0.2) is 0 Å². The lowest BCUT2D eigenvalue weighted by Gasteiger charge is -2.27. The van der Waals surface area contributed by atoms with Gasteiger partial charge in [-0.05, 0) is 74.0 Å². The van der Waals surface area contributed by atoms with Crippen LogP contribution in [-0.2, 0) is 0 Å². The van der Waals surface area contributed by atoms with Crippen LogP contribution in [0.3, 0.4) is 0 Å². The second kappa shape index (κ2) is 11.2. The largest absolute Gasteiger partial charge is 0.310 e. The Bertz CT molecular complexity index is 2130. The van der Waals surface area contributed by atoms with E-state index in [-0.39, 0.29) is 5.92 Å². The van der Waals surface area contributed by atoms with E-state index in [9.17, 15) is 0 Å². The fraction of sp³-hybridized carbons (Fsp3) is 0.0233. The summed E-state index contributed by atoms with van der Waals surface area (Å²) >= 11 is 0. The van der Waals surface area contributed by atoms with Gasteiger partial charge in [-0.2, -0.15) is 0 Å². The second-order valence-electron chi connectivity index (χ2n) is 11.3. The van der Waals surface area contributed by atoms with Gasteiger partial charge >= 0.3 is 0 Å². The lowest BCUT2D eigenvalue weighted by molar-refractivity contribution is 0.980. The smallest absolute Gasteiger partial charge is 0.0546 e. The van der Waals surface area contributed by atoms with Crippen LogP contribution >= 0.6 is 0 Å². The minimum absolute atomic E-state index is 0.172. The summed E-state index contributed by atoms with van der Waals surface area (Å²) in [4.78, 5) is 2.37. The van der Waals surface area contributed by atoms with Crippen LogP contribution in [0.4, 0.5) is 17.1 Å². The fourth-order valence-corrected chi connectivity index (χ4v) is 6.75. The maximum atomic E-state index is 2.38. The van der Waals surface area contributed by atoms with E-state index in [1.807, 2.05) is 0 Å². The molecule has 1 heteroatoms. The maximum Gasteiger partial charge on any atom is 0.0546 e. The molecule has 0 aromatic heterocycles. The first-order valence-corrected chi connectivity index (χ1v) is 15.2. The molecule has 0 aliphatic heterocycles. The molecule has 0 aliphatic carbocycles. The van der Waals surface area contributed by atoms with E-state index in [0.29, 0.717) is 0 Å². The fourth-order valence-electron chi connectivity index (χ4n) is 6.75. The van der Waals surface area contributed by atoms with Gasteiger partial charge in [0, 0.05) is 22.7 Å².